The molecule has 13 heteroatoms. The van der Waals surface area contributed by atoms with Gasteiger partial charge in [0.15, 0.2) is 4.96 Å². The van der Waals surface area contributed by atoms with Gasteiger partial charge in [-0.2, -0.15) is 9.21 Å². The van der Waals surface area contributed by atoms with Crippen LogP contribution in [0.25, 0.3) is 27.6 Å². The number of halogens is 1. The molecular formula is C27H24ClN7O3S2. The van der Waals surface area contributed by atoms with Crippen LogP contribution in [0, 0.1) is 4.91 Å². The molecule has 0 spiro atoms. The minimum Gasteiger partial charge on any atom is -0.350 e. The molecule has 1 aliphatic rings. The summed E-state index contributed by atoms with van der Waals surface area (Å²) in [5.74, 6) is 0.406. The van der Waals surface area contributed by atoms with Crippen molar-refractivity contribution in [3.63, 3.8) is 0 Å². The molecule has 0 unspecified atom stereocenters. The molecule has 3 aromatic heterocycles. The van der Waals surface area contributed by atoms with Gasteiger partial charge in [-0.15, -0.1) is 11.3 Å². The molecule has 2 aromatic carbocycles. The fourth-order valence-corrected chi connectivity index (χ4v) is 7.26. The number of aromatic nitrogens is 4. The van der Waals surface area contributed by atoms with Gasteiger partial charge >= 0.3 is 0 Å². The molecular weight excluding hydrogens is 570 g/mol. The standard InChI is InChI=1S/C27H24ClN7O3S2/c28-20-6-8-22(9-7-20)40(37,38)34-12-2-5-21(17-34)31-26-29-11-10-23(32-26)25-24(33-27-35(25)13-14-39-27)19-4-1-3-18(15-19)16-30-36/h1,3-4,6-11,13-15,21H,2,5,12,16-17H2,(H,29,31,32)/t21-/m1/s1. The molecule has 204 valence electrons. The Morgan fingerprint density at radius 1 is 1.12 bits per heavy atom. The number of rotatable bonds is 8. The molecule has 1 saturated heterocycles. The monoisotopic (exact) mass is 593 g/mol. The molecule has 0 amide bonds. The van der Waals surface area contributed by atoms with Gasteiger partial charge in [0.1, 0.15) is 12.2 Å². The summed E-state index contributed by atoms with van der Waals surface area (Å²) < 4.78 is 29.9. The van der Waals surface area contributed by atoms with Crippen molar-refractivity contribution in [1.29, 1.82) is 0 Å². The molecule has 1 aliphatic heterocycles. The van der Waals surface area contributed by atoms with E-state index < -0.39 is 10.0 Å². The Hall–Kier alpha value is -3.71. The zero-order chi connectivity index (χ0) is 27.7. The van der Waals surface area contributed by atoms with Crippen molar-refractivity contribution in [2.75, 3.05) is 18.4 Å². The number of nitrogens with zero attached hydrogens (tertiary/aromatic N) is 6. The van der Waals surface area contributed by atoms with Gasteiger partial charge in [0.25, 0.3) is 0 Å². The summed E-state index contributed by atoms with van der Waals surface area (Å²) >= 11 is 7.46. The van der Waals surface area contributed by atoms with Crippen molar-refractivity contribution in [1.82, 2.24) is 23.7 Å². The third kappa shape index (κ3) is 5.22. The van der Waals surface area contributed by atoms with E-state index in [1.165, 1.54) is 27.8 Å². The van der Waals surface area contributed by atoms with Crippen LogP contribution in [0.1, 0.15) is 18.4 Å². The number of anilines is 1. The summed E-state index contributed by atoms with van der Waals surface area (Å²) in [4.78, 5) is 26.0. The zero-order valence-corrected chi connectivity index (χ0v) is 23.5. The summed E-state index contributed by atoms with van der Waals surface area (Å²) in [7, 11) is -3.65. The molecule has 0 bridgehead atoms. The van der Waals surface area contributed by atoms with Crippen molar-refractivity contribution in [2.45, 2.75) is 30.3 Å². The van der Waals surface area contributed by atoms with Crippen LogP contribution in [0.15, 0.2) is 82.4 Å². The first-order valence-electron chi connectivity index (χ1n) is 12.6. The van der Waals surface area contributed by atoms with Crippen LogP contribution >= 0.6 is 22.9 Å². The number of hydrogen-bond acceptors (Lipinski definition) is 9. The van der Waals surface area contributed by atoms with Crippen LogP contribution in [-0.2, 0) is 16.6 Å². The second kappa shape index (κ2) is 11.0. The second-order valence-corrected chi connectivity index (χ2v) is 12.7. The van der Waals surface area contributed by atoms with Gasteiger partial charge in [0.05, 0.1) is 16.3 Å². The molecule has 40 heavy (non-hydrogen) atoms. The Morgan fingerprint density at radius 2 is 1.98 bits per heavy atom. The lowest BCUT2D eigenvalue weighted by Crippen LogP contribution is -2.45. The summed E-state index contributed by atoms with van der Waals surface area (Å²) in [6.45, 7) is 0.819. The summed E-state index contributed by atoms with van der Waals surface area (Å²) in [6.07, 6.45) is 5.11. The topological polar surface area (TPSA) is 122 Å². The van der Waals surface area contributed by atoms with Crippen LogP contribution < -0.4 is 5.32 Å². The van der Waals surface area contributed by atoms with Crippen molar-refractivity contribution < 1.29 is 8.42 Å². The highest BCUT2D eigenvalue weighted by molar-refractivity contribution is 7.89. The number of imidazole rings is 1. The van der Waals surface area contributed by atoms with Crippen molar-refractivity contribution >= 4 is 43.9 Å². The molecule has 1 atom stereocenters. The summed E-state index contributed by atoms with van der Waals surface area (Å²) in [5.41, 5.74) is 3.86. The van der Waals surface area contributed by atoms with E-state index >= 15 is 0 Å². The van der Waals surface area contributed by atoms with E-state index in [2.05, 4.69) is 15.5 Å². The predicted octanol–water partition coefficient (Wildman–Crippen LogP) is 5.70. The van der Waals surface area contributed by atoms with Gasteiger partial charge in [0.2, 0.25) is 16.0 Å². The molecule has 0 aliphatic carbocycles. The Morgan fingerprint density at radius 3 is 2.80 bits per heavy atom. The smallest absolute Gasteiger partial charge is 0.243 e. The van der Waals surface area contributed by atoms with Gasteiger partial charge in [-0.25, -0.2) is 23.4 Å². The van der Waals surface area contributed by atoms with E-state index in [-0.39, 0.29) is 17.5 Å². The molecule has 5 aromatic rings. The highest BCUT2D eigenvalue weighted by Crippen LogP contribution is 2.34. The maximum Gasteiger partial charge on any atom is 0.243 e. The van der Waals surface area contributed by atoms with E-state index in [9.17, 15) is 13.3 Å². The highest BCUT2D eigenvalue weighted by Gasteiger charge is 2.30. The third-order valence-electron chi connectivity index (χ3n) is 6.78. The maximum absolute atomic E-state index is 13.2. The molecule has 4 heterocycles. The van der Waals surface area contributed by atoms with Crippen LogP contribution in [0.3, 0.4) is 0 Å². The molecule has 1 fully saturated rings. The quantitative estimate of drug-likeness (QED) is 0.229. The normalized spacial score (nSPS) is 16.3. The van der Waals surface area contributed by atoms with Crippen LogP contribution in [0.2, 0.25) is 5.02 Å². The molecule has 1 N–H and O–H groups in total. The maximum atomic E-state index is 13.2. The number of nitroso groups, excluding NO2 is 1. The summed E-state index contributed by atoms with van der Waals surface area (Å²) in [6, 6.07) is 15.5. The third-order valence-corrected chi connectivity index (χ3v) is 9.66. The minimum absolute atomic E-state index is 0.0825. The van der Waals surface area contributed by atoms with Crippen LogP contribution in [0.4, 0.5) is 5.95 Å². The van der Waals surface area contributed by atoms with Crippen molar-refractivity contribution in [3.05, 3.63) is 87.9 Å². The number of sulfonamides is 1. The molecule has 0 saturated carbocycles. The SMILES string of the molecule is O=NCc1cccc(-c2nc3sccn3c2-c2ccnc(N[C@@H]3CCCN(S(=O)(=O)c4ccc(Cl)cc4)C3)n2)c1. The van der Waals surface area contributed by atoms with Crippen molar-refractivity contribution in [3.8, 4) is 22.6 Å². The zero-order valence-electron chi connectivity index (χ0n) is 21.1. The van der Waals surface area contributed by atoms with Crippen LogP contribution in [-0.4, -0.2) is 51.2 Å². The number of benzene rings is 2. The average molecular weight is 594 g/mol. The first-order valence-corrected chi connectivity index (χ1v) is 15.3. The largest absolute Gasteiger partial charge is 0.350 e. The predicted molar refractivity (Wildman–Crippen MR) is 156 cm³/mol. The minimum atomic E-state index is -3.65. The van der Waals surface area contributed by atoms with E-state index in [0.29, 0.717) is 36.2 Å². The molecule has 10 nitrogen and oxygen atoms in total. The Labute approximate surface area is 239 Å². The number of fused-ring (bicyclic) bond motifs is 1. The molecule has 6 rings (SSSR count). The van der Waals surface area contributed by atoms with Gasteiger partial charge in [-0.3, -0.25) is 4.40 Å². The van der Waals surface area contributed by atoms with E-state index in [0.717, 1.165) is 33.9 Å². The highest BCUT2D eigenvalue weighted by atomic mass is 35.5. The Bertz CT molecular complexity index is 1790. The lowest BCUT2D eigenvalue weighted by molar-refractivity contribution is 0.326. The Balaban J connectivity index is 1.28. The lowest BCUT2D eigenvalue weighted by Gasteiger charge is -2.32. The first kappa shape index (κ1) is 26.5. The van der Waals surface area contributed by atoms with Crippen molar-refractivity contribution in [2.24, 2.45) is 5.18 Å². The van der Waals surface area contributed by atoms with Gasteiger partial charge in [-0.05, 0) is 54.8 Å². The summed E-state index contributed by atoms with van der Waals surface area (Å²) in [5, 5.41) is 8.81. The lowest BCUT2D eigenvalue weighted by atomic mass is 10.1. The Kier molecular flexibility index (Phi) is 7.32. The van der Waals surface area contributed by atoms with Gasteiger partial charge in [-0.1, -0.05) is 35.0 Å². The number of hydrogen-bond donors (Lipinski definition) is 1. The number of thiazole rings is 1. The van der Waals surface area contributed by atoms with E-state index in [1.807, 2.05) is 46.3 Å². The average Bonchev–Trinajstić information content (AvgIpc) is 3.56. The van der Waals surface area contributed by atoms with E-state index in [4.69, 9.17) is 21.6 Å². The fourth-order valence-electron chi connectivity index (χ4n) is 4.90. The van der Waals surface area contributed by atoms with Crippen LogP contribution in [0.5, 0.6) is 0 Å². The molecule has 0 radical (unpaired) electrons. The fraction of sp³-hybridized carbons (Fsp3) is 0.222. The number of nitrogens with one attached hydrogen (secondary N) is 1. The van der Waals surface area contributed by atoms with Gasteiger partial charge in [0, 0.05) is 47.5 Å². The second-order valence-electron chi connectivity index (χ2n) is 9.42. The first-order chi connectivity index (χ1) is 19.4. The van der Waals surface area contributed by atoms with Gasteiger partial charge < -0.3 is 5.32 Å². The number of piperidine rings is 1. The van der Waals surface area contributed by atoms with E-state index in [1.54, 1.807) is 18.3 Å².